The maximum atomic E-state index is 13.1. The van der Waals surface area contributed by atoms with Crippen molar-refractivity contribution < 1.29 is 14.3 Å². The molecule has 1 aliphatic rings. The van der Waals surface area contributed by atoms with Gasteiger partial charge in [-0.25, -0.2) is 4.39 Å². The Hall–Kier alpha value is -1.38. The van der Waals surface area contributed by atoms with Crippen molar-refractivity contribution in [2.24, 2.45) is 11.8 Å². The standard InChI is InChI=1S/C13H15FO2/c1-8(13(15)16)10-3-2-9-4-5-12(14)7-11(9)6-10/h4-5,7-8,10H,2-3,6H2,1H3,(H,15,16). The number of carboxylic acid groups (broad SMARTS) is 1. The molecule has 2 rings (SSSR count). The van der Waals surface area contributed by atoms with Crippen molar-refractivity contribution in [3.05, 3.63) is 35.1 Å². The second-order valence-corrected chi connectivity index (χ2v) is 4.54. The third-order valence-electron chi connectivity index (χ3n) is 3.53. The first-order valence-corrected chi connectivity index (χ1v) is 5.58. The van der Waals surface area contributed by atoms with Gasteiger partial charge in [0, 0.05) is 0 Å². The van der Waals surface area contributed by atoms with E-state index >= 15 is 0 Å². The average Bonchev–Trinajstić information content (AvgIpc) is 2.26. The molecule has 86 valence electrons. The third-order valence-corrected chi connectivity index (χ3v) is 3.53. The highest BCUT2D eigenvalue weighted by molar-refractivity contribution is 5.70. The number of hydrogen-bond donors (Lipinski definition) is 1. The molecule has 1 N–H and O–H groups in total. The lowest BCUT2D eigenvalue weighted by Crippen LogP contribution is -2.26. The topological polar surface area (TPSA) is 37.3 Å². The summed E-state index contributed by atoms with van der Waals surface area (Å²) in [5.41, 5.74) is 2.14. The van der Waals surface area contributed by atoms with Gasteiger partial charge in [0.05, 0.1) is 5.92 Å². The van der Waals surface area contributed by atoms with Crippen LogP contribution in [0.3, 0.4) is 0 Å². The van der Waals surface area contributed by atoms with Gasteiger partial charge in [-0.1, -0.05) is 13.0 Å². The zero-order valence-corrected chi connectivity index (χ0v) is 9.24. The summed E-state index contributed by atoms with van der Waals surface area (Å²) >= 11 is 0. The number of rotatable bonds is 2. The fourth-order valence-corrected chi connectivity index (χ4v) is 2.38. The first-order valence-electron chi connectivity index (χ1n) is 5.58. The number of carbonyl (C=O) groups is 1. The molecular formula is C13H15FO2. The van der Waals surface area contributed by atoms with Gasteiger partial charge in [0.25, 0.3) is 0 Å². The summed E-state index contributed by atoms with van der Waals surface area (Å²) in [6.07, 6.45) is 2.42. The minimum atomic E-state index is -0.759. The van der Waals surface area contributed by atoms with Crippen LogP contribution < -0.4 is 0 Å². The van der Waals surface area contributed by atoms with Crippen LogP contribution in [0.4, 0.5) is 4.39 Å². The molecule has 1 aromatic carbocycles. The van der Waals surface area contributed by atoms with E-state index in [-0.39, 0.29) is 17.7 Å². The number of carboxylic acids is 1. The summed E-state index contributed by atoms with van der Waals surface area (Å²) in [5.74, 6) is -1.21. The van der Waals surface area contributed by atoms with Crippen molar-refractivity contribution in [2.45, 2.75) is 26.2 Å². The van der Waals surface area contributed by atoms with Crippen LogP contribution >= 0.6 is 0 Å². The lowest BCUT2D eigenvalue weighted by Gasteiger charge is -2.27. The Balaban J connectivity index is 2.19. The summed E-state index contributed by atoms with van der Waals surface area (Å²) in [4.78, 5) is 10.9. The Morgan fingerprint density at radius 3 is 2.94 bits per heavy atom. The van der Waals surface area contributed by atoms with Gasteiger partial charge in [-0.15, -0.1) is 0 Å². The number of aryl methyl sites for hydroxylation is 1. The monoisotopic (exact) mass is 222 g/mol. The summed E-state index contributed by atoms with van der Waals surface area (Å²) in [6, 6.07) is 4.82. The van der Waals surface area contributed by atoms with Gasteiger partial charge in [-0.05, 0) is 48.4 Å². The van der Waals surface area contributed by atoms with Gasteiger partial charge in [0.15, 0.2) is 0 Å². The maximum Gasteiger partial charge on any atom is 0.306 e. The van der Waals surface area contributed by atoms with Gasteiger partial charge in [-0.3, -0.25) is 4.79 Å². The van der Waals surface area contributed by atoms with Gasteiger partial charge >= 0.3 is 5.97 Å². The minimum Gasteiger partial charge on any atom is -0.481 e. The number of benzene rings is 1. The minimum absolute atomic E-state index is 0.131. The molecule has 3 heteroatoms. The highest BCUT2D eigenvalue weighted by Crippen LogP contribution is 2.30. The first kappa shape index (κ1) is 11.1. The Labute approximate surface area is 94.1 Å². The molecule has 0 aliphatic heterocycles. The SMILES string of the molecule is CC(C(=O)O)C1CCc2ccc(F)cc2C1. The van der Waals surface area contributed by atoms with E-state index in [1.54, 1.807) is 6.92 Å². The Morgan fingerprint density at radius 1 is 1.50 bits per heavy atom. The van der Waals surface area contributed by atoms with E-state index in [9.17, 15) is 9.18 Å². The van der Waals surface area contributed by atoms with Crippen LogP contribution in [0.25, 0.3) is 0 Å². The van der Waals surface area contributed by atoms with Crippen LogP contribution in [-0.2, 0) is 17.6 Å². The Kier molecular flexibility index (Phi) is 2.95. The van der Waals surface area contributed by atoms with Crippen LogP contribution in [-0.4, -0.2) is 11.1 Å². The predicted molar refractivity (Wildman–Crippen MR) is 58.7 cm³/mol. The molecule has 0 saturated carbocycles. The molecular weight excluding hydrogens is 207 g/mol. The van der Waals surface area contributed by atoms with E-state index in [1.807, 2.05) is 6.07 Å². The fourth-order valence-electron chi connectivity index (χ4n) is 2.38. The van der Waals surface area contributed by atoms with Crippen molar-refractivity contribution in [1.82, 2.24) is 0 Å². The number of halogens is 1. The van der Waals surface area contributed by atoms with Gasteiger partial charge in [-0.2, -0.15) is 0 Å². The van der Waals surface area contributed by atoms with E-state index in [1.165, 1.54) is 12.1 Å². The molecule has 0 aromatic heterocycles. The molecule has 0 radical (unpaired) electrons. The maximum absolute atomic E-state index is 13.1. The van der Waals surface area contributed by atoms with Crippen molar-refractivity contribution in [1.29, 1.82) is 0 Å². The predicted octanol–water partition coefficient (Wildman–Crippen LogP) is 2.65. The number of fused-ring (bicyclic) bond motifs is 1. The van der Waals surface area contributed by atoms with Gasteiger partial charge < -0.3 is 5.11 Å². The second-order valence-electron chi connectivity index (χ2n) is 4.54. The Bertz CT molecular complexity index is 414. The summed E-state index contributed by atoms with van der Waals surface area (Å²) < 4.78 is 13.1. The summed E-state index contributed by atoms with van der Waals surface area (Å²) in [6.45, 7) is 1.73. The molecule has 2 nitrogen and oxygen atoms in total. The van der Waals surface area contributed by atoms with Crippen LogP contribution in [0.5, 0.6) is 0 Å². The number of hydrogen-bond acceptors (Lipinski definition) is 1. The fraction of sp³-hybridized carbons (Fsp3) is 0.462. The van der Waals surface area contributed by atoms with Crippen LogP contribution in [0, 0.1) is 17.7 Å². The molecule has 2 unspecified atom stereocenters. The van der Waals surface area contributed by atoms with Gasteiger partial charge in [0.1, 0.15) is 5.82 Å². The third kappa shape index (κ3) is 2.08. The Morgan fingerprint density at radius 2 is 2.25 bits per heavy atom. The summed E-state index contributed by atoms with van der Waals surface area (Å²) in [7, 11) is 0. The van der Waals surface area contributed by atoms with E-state index in [0.29, 0.717) is 6.42 Å². The molecule has 1 aliphatic carbocycles. The number of aliphatic carboxylic acids is 1. The van der Waals surface area contributed by atoms with Crippen LogP contribution in [0.15, 0.2) is 18.2 Å². The highest BCUT2D eigenvalue weighted by atomic mass is 19.1. The molecule has 0 saturated heterocycles. The molecule has 2 atom stereocenters. The largest absolute Gasteiger partial charge is 0.481 e. The smallest absolute Gasteiger partial charge is 0.306 e. The normalized spacial score (nSPS) is 21.2. The lowest BCUT2D eigenvalue weighted by atomic mass is 9.78. The molecule has 0 amide bonds. The zero-order valence-electron chi connectivity index (χ0n) is 9.24. The van der Waals surface area contributed by atoms with E-state index in [2.05, 4.69) is 0 Å². The molecule has 0 heterocycles. The molecule has 0 spiro atoms. The van der Waals surface area contributed by atoms with Crippen LogP contribution in [0.2, 0.25) is 0 Å². The lowest BCUT2D eigenvalue weighted by molar-refractivity contribution is -0.143. The van der Waals surface area contributed by atoms with E-state index < -0.39 is 5.97 Å². The molecule has 0 bridgehead atoms. The van der Waals surface area contributed by atoms with E-state index in [4.69, 9.17) is 5.11 Å². The van der Waals surface area contributed by atoms with Crippen LogP contribution in [0.1, 0.15) is 24.5 Å². The first-order chi connectivity index (χ1) is 7.58. The van der Waals surface area contributed by atoms with Crippen molar-refractivity contribution in [3.63, 3.8) is 0 Å². The van der Waals surface area contributed by atoms with E-state index in [0.717, 1.165) is 24.0 Å². The van der Waals surface area contributed by atoms with Crippen molar-refractivity contribution >= 4 is 5.97 Å². The van der Waals surface area contributed by atoms with Crippen molar-refractivity contribution in [2.75, 3.05) is 0 Å². The zero-order chi connectivity index (χ0) is 11.7. The summed E-state index contributed by atoms with van der Waals surface area (Å²) in [5, 5.41) is 8.96. The van der Waals surface area contributed by atoms with Crippen molar-refractivity contribution in [3.8, 4) is 0 Å². The molecule has 1 aromatic rings. The molecule has 16 heavy (non-hydrogen) atoms. The second kappa shape index (κ2) is 4.24. The average molecular weight is 222 g/mol. The van der Waals surface area contributed by atoms with Gasteiger partial charge in [0.2, 0.25) is 0 Å². The molecule has 0 fully saturated rings. The quantitative estimate of drug-likeness (QED) is 0.835. The highest BCUT2D eigenvalue weighted by Gasteiger charge is 2.27.